The lowest BCUT2D eigenvalue weighted by atomic mass is 9.97. The van der Waals surface area contributed by atoms with Gasteiger partial charge in [0.15, 0.2) is 0 Å². The van der Waals surface area contributed by atoms with Gasteiger partial charge in [-0.2, -0.15) is 18.3 Å². The number of anilines is 1. The maximum absolute atomic E-state index is 13.5. The number of carbonyl (C=O) groups excluding carboxylic acids is 1. The SMILES string of the molecule is C=NN(C)/C(OC)=C1\CN(C(C)C)C(=O)CCCN=C/C(=C(\N)C(F)(F)F)C(=N)c2cc1cnc2N. The molecule has 196 valence electrons. The fraction of sp³-hybridized carbons (Fsp3) is 0.435. The van der Waals surface area contributed by atoms with Crippen LogP contribution in [0.1, 0.15) is 37.8 Å². The van der Waals surface area contributed by atoms with Gasteiger partial charge in [-0.1, -0.05) is 0 Å². The third-order valence-electron chi connectivity index (χ3n) is 5.53. The van der Waals surface area contributed by atoms with Gasteiger partial charge in [-0.25, -0.2) is 9.99 Å². The molecule has 2 bridgehead atoms. The number of hydrazone groups is 1. The molecular formula is C23H31F3N8O2. The fourth-order valence-electron chi connectivity index (χ4n) is 3.55. The molecule has 0 saturated heterocycles. The van der Waals surface area contributed by atoms with Crippen LogP contribution in [0.3, 0.4) is 0 Å². The number of nitrogens with one attached hydrogen (secondary N) is 1. The number of hydrogen-bond donors (Lipinski definition) is 3. The number of alkyl halides is 3. The van der Waals surface area contributed by atoms with E-state index in [1.54, 1.807) is 11.9 Å². The van der Waals surface area contributed by atoms with E-state index in [2.05, 4.69) is 21.8 Å². The summed E-state index contributed by atoms with van der Waals surface area (Å²) in [4.78, 5) is 22.8. The highest BCUT2D eigenvalue weighted by Crippen LogP contribution is 2.29. The lowest BCUT2D eigenvalue weighted by Crippen LogP contribution is -2.39. The van der Waals surface area contributed by atoms with Crippen molar-refractivity contribution in [2.75, 3.05) is 33.0 Å². The quantitative estimate of drug-likeness (QED) is 0.324. The van der Waals surface area contributed by atoms with Crippen molar-refractivity contribution in [2.45, 2.75) is 38.9 Å². The molecule has 36 heavy (non-hydrogen) atoms. The van der Waals surface area contributed by atoms with Gasteiger partial charge in [0.1, 0.15) is 11.5 Å². The third-order valence-corrected chi connectivity index (χ3v) is 5.53. The highest BCUT2D eigenvalue weighted by Gasteiger charge is 2.35. The van der Waals surface area contributed by atoms with E-state index in [0.29, 0.717) is 11.1 Å². The summed E-state index contributed by atoms with van der Waals surface area (Å²) in [6.07, 6.45) is -2.24. The zero-order chi connectivity index (χ0) is 27.2. The minimum absolute atomic E-state index is 0.0580. The largest absolute Gasteiger partial charge is 0.481 e. The summed E-state index contributed by atoms with van der Waals surface area (Å²) in [6.45, 7) is 7.34. The first-order chi connectivity index (χ1) is 16.8. The monoisotopic (exact) mass is 508 g/mol. The molecule has 0 unspecified atom stereocenters. The van der Waals surface area contributed by atoms with Gasteiger partial charge in [0.05, 0.1) is 19.4 Å². The van der Waals surface area contributed by atoms with Crippen molar-refractivity contribution < 1.29 is 22.7 Å². The number of halogens is 3. The molecule has 1 aromatic rings. The summed E-state index contributed by atoms with van der Waals surface area (Å²) < 4.78 is 46.0. The molecule has 0 spiro atoms. The lowest BCUT2D eigenvalue weighted by molar-refractivity contribution is -0.132. The number of fused-ring (bicyclic) bond motifs is 2. The van der Waals surface area contributed by atoms with Gasteiger partial charge in [-0.15, -0.1) is 0 Å². The van der Waals surface area contributed by atoms with Gasteiger partial charge in [0.25, 0.3) is 0 Å². The summed E-state index contributed by atoms with van der Waals surface area (Å²) in [6, 6.07) is 1.21. The number of allylic oxidation sites excluding steroid dienone is 2. The Bertz CT molecular complexity index is 1110. The summed E-state index contributed by atoms with van der Waals surface area (Å²) >= 11 is 0. The van der Waals surface area contributed by atoms with Crippen LogP contribution in [0.15, 0.2) is 39.5 Å². The molecule has 0 fully saturated rings. The fourth-order valence-corrected chi connectivity index (χ4v) is 3.55. The van der Waals surface area contributed by atoms with Crippen LogP contribution in [0.4, 0.5) is 19.0 Å². The average molecular weight is 509 g/mol. The number of nitrogens with zero attached hydrogens (tertiary/aromatic N) is 5. The van der Waals surface area contributed by atoms with Crippen molar-refractivity contribution in [3.63, 3.8) is 0 Å². The molecule has 0 radical (unpaired) electrons. The number of amides is 1. The van der Waals surface area contributed by atoms with Gasteiger partial charge < -0.3 is 21.1 Å². The molecule has 0 atom stereocenters. The van der Waals surface area contributed by atoms with E-state index in [0.717, 1.165) is 6.21 Å². The number of rotatable bonds is 4. The minimum atomic E-state index is -4.90. The Balaban J connectivity index is 2.89. The van der Waals surface area contributed by atoms with Crippen LogP contribution in [0, 0.1) is 5.41 Å². The van der Waals surface area contributed by atoms with E-state index in [-0.39, 0.29) is 55.1 Å². The molecule has 5 N–H and O–H groups in total. The molecule has 0 saturated carbocycles. The van der Waals surface area contributed by atoms with E-state index in [1.165, 1.54) is 24.4 Å². The number of pyridine rings is 1. The van der Waals surface area contributed by atoms with Gasteiger partial charge in [-0.3, -0.25) is 15.2 Å². The maximum atomic E-state index is 13.5. The number of methoxy groups -OCH3 is 1. The predicted molar refractivity (Wildman–Crippen MR) is 133 cm³/mol. The summed E-state index contributed by atoms with van der Waals surface area (Å²) in [5, 5.41) is 13.7. The second kappa shape index (κ2) is 11.7. The van der Waals surface area contributed by atoms with Crippen LogP contribution >= 0.6 is 0 Å². The molecule has 1 aliphatic rings. The predicted octanol–water partition coefficient (Wildman–Crippen LogP) is 2.77. The average Bonchev–Trinajstić information content (AvgIpc) is 2.81. The van der Waals surface area contributed by atoms with E-state index in [1.807, 2.05) is 13.8 Å². The lowest BCUT2D eigenvalue weighted by Gasteiger charge is -2.30. The van der Waals surface area contributed by atoms with Crippen LogP contribution < -0.4 is 11.5 Å². The Labute approximate surface area is 207 Å². The van der Waals surface area contributed by atoms with Gasteiger partial charge >= 0.3 is 6.18 Å². The van der Waals surface area contributed by atoms with Crippen molar-refractivity contribution in [2.24, 2.45) is 15.8 Å². The summed E-state index contributed by atoms with van der Waals surface area (Å²) in [7, 11) is 2.99. The maximum Gasteiger partial charge on any atom is 0.431 e. The third kappa shape index (κ3) is 6.40. The molecule has 1 aliphatic heterocycles. The number of nitrogens with two attached hydrogens (primary N) is 2. The van der Waals surface area contributed by atoms with Crippen LogP contribution in [0.25, 0.3) is 5.57 Å². The molecule has 2 rings (SSSR count). The van der Waals surface area contributed by atoms with Gasteiger partial charge in [0.2, 0.25) is 11.8 Å². The molecule has 0 aliphatic carbocycles. The zero-order valence-corrected chi connectivity index (χ0v) is 20.7. The molecule has 10 nitrogen and oxygen atoms in total. The van der Waals surface area contributed by atoms with Crippen molar-refractivity contribution in [3.8, 4) is 0 Å². The number of nitrogen functional groups attached to an aromatic ring is 1. The molecule has 0 aromatic carbocycles. The normalized spacial score (nSPS) is 18.6. The highest BCUT2D eigenvalue weighted by atomic mass is 19.4. The molecular weight excluding hydrogens is 477 g/mol. The first-order valence-electron chi connectivity index (χ1n) is 11.0. The number of aliphatic imine (C=N–C) groups is 1. The Hall–Kier alpha value is -3.90. The van der Waals surface area contributed by atoms with E-state index in [4.69, 9.17) is 21.6 Å². The zero-order valence-electron chi connectivity index (χ0n) is 20.7. The standard InChI is InChI=1S/C23H31F3N8O2/c1-13(2)34-12-17(22(36-5)33(4)30-3)14-9-15(21(29)32-10-14)19(27)16(20(28)23(24,25)26)11-31-8-6-7-18(34)35/h9-11,13,27H,3,6-8,12,28H2,1-2,4-5H3,(H2,29,32)/b20-16+,22-17-,27-19?,31-11?. The second-order valence-electron chi connectivity index (χ2n) is 8.26. The van der Waals surface area contributed by atoms with Gasteiger partial charge in [0, 0.05) is 67.5 Å². The molecule has 2 heterocycles. The minimum Gasteiger partial charge on any atom is -0.481 e. The Morgan fingerprint density at radius 2 is 2.06 bits per heavy atom. The summed E-state index contributed by atoms with van der Waals surface area (Å²) in [5.74, 6) is -0.130. The summed E-state index contributed by atoms with van der Waals surface area (Å²) in [5.41, 5.74) is 9.33. The topological polar surface area (TPSA) is 146 Å². The Kier molecular flexibility index (Phi) is 9.20. The first kappa shape index (κ1) is 28.3. The van der Waals surface area contributed by atoms with Crippen molar-refractivity contribution in [1.82, 2.24) is 14.9 Å². The van der Waals surface area contributed by atoms with E-state index in [9.17, 15) is 18.0 Å². The first-order valence-corrected chi connectivity index (χ1v) is 11.0. The van der Waals surface area contributed by atoms with Crippen molar-refractivity contribution in [3.05, 3.63) is 40.5 Å². The number of ether oxygens (including phenoxy) is 1. The van der Waals surface area contributed by atoms with Gasteiger partial charge in [-0.05, 0) is 26.3 Å². The Morgan fingerprint density at radius 3 is 2.61 bits per heavy atom. The smallest absolute Gasteiger partial charge is 0.431 e. The number of hydrogen-bond acceptors (Lipinski definition) is 9. The number of carbonyl (C=O) groups is 1. The Morgan fingerprint density at radius 1 is 1.39 bits per heavy atom. The van der Waals surface area contributed by atoms with Crippen molar-refractivity contribution >= 4 is 35.9 Å². The van der Waals surface area contributed by atoms with Crippen molar-refractivity contribution in [1.29, 1.82) is 5.41 Å². The second-order valence-corrected chi connectivity index (χ2v) is 8.26. The molecule has 1 aromatic heterocycles. The van der Waals surface area contributed by atoms with Crippen LogP contribution in [-0.2, 0) is 9.53 Å². The van der Waals surface area contributed by atoms with Crippen LogP contribution in [0.5, 0.6) is 0 Å². The number of aromatic nitrogens is 1. The highest BCUT2D eigenvalue weighted by molar-refractivity contribution is 6.24. The molecule has 1 amide bonds. The van der Waals surface area contributed by atoms with E-state index >= 15 is 0 Å². The van der Waals surface area contributed by atoms with E-state index < -0.39 is 23.2 Å². The van der Waals surface area contributed by atoms with Crippen LogP contribution in [0.2, 0.25) is 0 Å². The van der Waals surface area contributed by atoms with Crippen LogP contribution in [-0.4, -0.2) is 78.9 Å². The molecule has 13 heteroatoms.